The number of pyridine rings is 1. The van der Waals surface area contributed by atoms with Crippen LogP contribution in [-0.4, -0.2) is 15.9 Å². The van der Waals surface area contributed by atoms with E-state index in [9.17, 15) is 10.1 Å². The van der Waals surface area contributed by atoms with Gasteiger partial charge >= 0.3 is 0 Å². The number of rotatable bonds is 3. The highest BCUT2D eigenvalue weighted by atomic mass is 35.5. The Morgan fingerprint density at radius 1 is 1.39 bits per heavy atom. The average molecular weight is 268 g/mol. The van der Waals surface area contributed by atoms with Gasteiger partial charge in [-0.3, -0.25) is 10.1 Å². The molecule has 6 heteroatoms. The number of anilines is 1. The maximum absolute atomic E-state index is 10.8. The fourth-order valence-electron chi connectivity index (χ4n) is 3.27. The molecule has 0 aliphatic heterocycles. The highest BCUT2D eigenvalue weighted by Crippen LogP contribution is 2.45. The van der Waals surface area contributed by atoms with Crippen LogP contribution in [0.1, 0.15) is 25.7 Å². The second-order valence-electron chi connectivity index (χ2n) is 5.22. The molecule has 0 spiro atoms. The molecule has 3 unspecified atom stereocenters. The summed E-state index contributed by atoms with van der Waals surface area (Å²) in [7, 11) is 0. The van der Waals surface area contributed by atoms with E-state index in [2.05, 4.69) is 10.3 Å². The van der Waals surface area contributed by atoms with Gasteiger partial charge in [0.2, 0.25) is 0 Å². The Labute approximate surface area is 110 Å². The first-order valence-electron chi connectivity index (χ1n) is 6.20. The van der Waals surface area contributed by atoms with Gasteiger partial charge in [-0.2, -0.15) is 0 Å². The number of hydrogen-bond donors (Lipinski definition) is 1. The molecule has 5 nitrogen and oxygen atoms in total. The molecule has 2 aliphatic rings. The minimum Gasteiger partial charge on any atom is -0.367 e. The van der Waals surface area contributed by atoms with Crippen LogP contribution < -0.4 is 5.32 Å². The quantitative estimate of drug-likeness (QED) is 0.519. The van der Waals surface area contributed by atoms with Crippen molar-refractivity contribution in [3.8, 4) is 0 Å². The van der Waals surface area contributed by atoms with E-state index in [1.165, 1.54) is 31.4 Å². The zero-order valence-electron chi connectivity index (χ0n) is 9.80. The lowest BCUT2D eigenvalue weighted by molar-refractivity contribution is -0.384. The van der Waals surface area contributed by atoms with Gasteiger partial charge in [0.15, 0.2) is 0 Å². The van der Waals surface area contributed by atoms with Crippen molar-refractivity contribution in [2.75, 3.05) is 5.32 Å². The highest BCUT2D eigenvalue weighted by Gasteiger charge is 2.39. The molecule has 1 aromatic heterocycles. The van der Waals surface area contributed by atoms with E-state index in [-0.39, 0.29) is 10.8 Å². The summed E-state index contributed by atoms with van der Waals surface area (Å²) in [4.78, 5) is 14.4. The van der Waals surface area contributed by atoms with Gasteiger partial charge in [0.05, 0.1) is 17.1 Å². The molecule has 96 valence electrons. The van der Waals surface area contributed by atoms with Crippen LogP contribution in [0.4, 0.5) is 11.5 Å². The molecular formula is C12H14ClN3O2. The lowest BCUT2D eigenvalue weighted by atomic mass is 9.95. The monoisotopic (exact) mass is 267 g/mol. The minimum atomic E-state index is -0.445. The van der Waals surface area contributed by atoms with Gasteiger partial charge in [-0.1, -0.05) is 18.0 Å². The second-order valence-corrected chi connectivity index (χ2v) is 5.60. The van der Waals surface area contributed by atoms with Crippen LogP contribution in [0.2, 0.25) is 5.15 Å². The Kier molecular flexibility index (Phi) is 2.86. The Bertz CT molecular complexity index is 494. The number of nitro groups is 1. The zero-order chi connectivity index (χ0) is 12.7. The maximum Gasteiger partial charge on any atom is 0.276 e. The van der Waals surface area contributed by atoms with Gasteiger partial charge < -0.3 is 5.32 Å². The van der Waals surface area contributed by atoms with Gasteiger partial charge in [-0.05, 0) is 31.1 Å². The predicted octanol–water partition coefficient (Wildman–Crippen LogP) is 3.24. The van der Waals surface area contributed by atoms with Crippen molar-refractivity contribution in [3.63, 3.8) is 0 Å². The molecule has 3 atom stereocenters. The zero-order valence-corrected chi connectivity index (χ0v) is 10.6. The summed E-state index contributed by atoms with van der Waals surface area (Å²) in [5.41, 5.74) is -0.0133. The van der Waals surface area contributed by atoms with Crippen molar-refractivity contribution in [1.29, 1.82) is 0 Å². The van der Waals surface area contributed by atoms with Crippen molar-refractivity contribution in [3.05, 3.63) is 27.4 Å². The smallest absolute Gasteiger partial charge is 0.276 e. The van der Waals surface area contributed by atoms with E-state index in [0.717, 1.165) is 12.3 Å². The van der Waals surface area contributed by atoms with Gasteiger partial charge in [0.1, 0.15) is 11.0 Å². The van der Waals surface area contributed by atoms with E-state index in [1.807, 2.05) is 0 Å². The van der Waals surface area contributed by atoms with Crippen LogP contribution in [0.15, 0.2) is 12.1 Å². The number of nitrogens with one attached hydrogen (secondary N) is 1. The topological polar surface area (TPSA) is 68.1 Å². The van der Waals surface area contributed by atoms with Gasteiger partial charge in [-0.25, -0.2) is 4.98 Å². The summed E-state index contributed by atoms with van der Waals surface area (Å²) < 4.78 is 0. The van der Waals surface area contributed by atoms with Crippen molar-refractivity contribution < 1.29 is 4.92 Å². The standard InChI is InChI=1S/C12H14ClN3O2/c13-11-5-9(16(17)18)6-12(15-11)14-10-4-7-1-2-8(10)3-7/h5-8,10H,1-4H2,(H,14,15). The molecule has 3 rings (SSSR count). The first-order valence-corrected chi connectivity index (χ1v) is 6.58. The summed E-state index contributed by atoms with van der Waals surface area (Å²) in [5.74, 6) is 2.03. The van der Waals surface area contributed by atoms with E-state index in [1.54, 1.807) is 0 Å². The van der Waals surface area contributed by atoms with Crippen molar-refractivity contribution in [2.24, 2.45) is 11.8 Å². The number of nitrogens with zero attached hydrogens (tertiary/aromatic N) is 2. The number of fused-ring (bicyclic) bond motifs is 2. The molecule has 0 aromatic carbocycles. The van der Waals surface area contributed by atoms with Crippen LogP contribution in [0.5, 0.6) is 0 Å². The largest absolute Gasteiger partial charge is 0.367 e. The van der Waals surface area contributed by atoms with Crippen LogP contribution in [0.3, 0.4) is 0 Å². The molecule has 18 heavy (non-hydrogen) atoms. The average Bonchev–Trinajstić information content (AvgIpc) is 2.90. The third kappa shape index (κ3) is 2.14. The number of halogens is 1. The van der Waals surface area contributed by atoms with Crippen molar-refractivity contribution in [2.45, 2.75) is 31.7 Å². The maximum atomic E-state index is 10.8. The normalized spacial score (nSPS) is 29.5. The fraction of sp³-hybridized carbons (Fsp3) is 0.583. The van der Waals surface area contributed by atoms with Crippen LogP contribution in [-0.2, 0) is 0 Å². The summed E-state index contributed by atoms with van der Waals surface area (Å²) in [6.07, 6.45) is 5.00. The first kappa shape index (κ1) is 11.7. The van der Waals surface area contributed by atoms with Crippen LogP contribution in [0.25, 0.3) is 0 Å². The molecule has 2 aliphatic carbocycles. The molecule has 0 radical (unpaired) electrons. The Morgan fingerprint density at radius 2 is 2.22 bits per heavy atom. The van der Waals surface area contributed by atoms with Crippen molar-refractivity contribution in [1.82, 2.24) is 4.98 Å². The van der Waals surface area contributed by atoms with Crippen molar-refractivity contribution >= 4 is 23.1 Å². The molecule has 1 aromatic rings. The minimum absolute atomic E-state index is 0.0133. The summed E-state index contributed by atoms with van der Waals surface area (Å²) in [6, 6.07) is 3.13. The molecule has 1 heterocycles. The molecule has 0 amide bonds. The van der Waals surface area contributed by atoms with Crippen LogP contribution >= 0.6 is 11.6 Å². The van der Waals surface area contributed by atoms with Gasteiger partial charge in [0.25, 0.3) is 5.69 Å². The number of hydrogen-bond acceptors (Lipinski definition) is 4. The van der Waals surface area contributed by atoms with Crippen LogP contribution in [0, 0.1) is 22.0 Å². The third-order valence-electron chi connectivity index (χ3n) is 4.06. The molecular weight excluding hydrogens is 254 g/mol. The SMILES string of the molecule is O=[N+]([O-])c1cc(Cl)nc(NC2CC3CCC2C3)c1. The lowest BCUT2D eigenvalue weighted by Crippen LogP contribution is -2.26. The number of aromatic nitrogens is 1. The Hall–Kier alpha value is -1.36. The highest BCUT2D eigenvalue weighted by molar-refractivity contribution is 6.29. The van der Waals surface area contributed by atoms with Gasteiger partial charge in [-0.15, -0.1) is 0 Å². The molecule has 2 bridgehead atoms. The fourth-order valence-corrected chi connectivity index (χ4v) is 3.48. The van der Waals surface area contributed by atoms with E-state index < -0.39 is 4.92 Å². The third-order valence-corrected chi connectivity index (χ3v) is 4.25. The van der Waals surface area contributed by atoms with E-state index in [4.69, 9.17) is 11.6 Å². The molecule has 0 saturated heterocycles. The molecule has 2 saturated carbocycles. The molecule has 1 N–H and O–H groups in total. The van der Waals surface area contributed by atoms with Gasteiger partial charge in [0, 0.05) is 6.04 Å². The van der Waals surface area contributed by atoms with E-state index in [0.29, 0.717) is 17.8 Å². The van der Waals surface area contributed by atoms with E-state index >= 15 is 0 Å². The summed E-state index contributed by atoms with van der Waals surface area (Å²) >= 11 is 5.80. The Balaban J connectivity index is 1.78. The Morgan fingerprint density at radius 3 is 2.83 bits per heavy atom. The molecule has 2 fully saturated rings. The summed E-state index contributed by atoms with van der Waals surface area (Å²) in [6.45, 7) is 0. The predicted molar refractivity (Wildman–Crippen MR) is 68.8 cm³/mol. The second kappa shape index (κ2) is 4.39. The summed E-state index contributed by atoms with van der Waals surface area (Å²) in [5, 5.41) is 14.2. The lowest BCUT2D eigenvalue weighted by Gasteiger charge is -2.23. The first-order chi connectivity index (χ1) is 8.61.